The predicted molar refractivity (Wildman–Crippen MR) is 110 cm³/mol. The highest BCUT2D eigenvalue weighted by molar-refractivity contribution is 5.98. The largest absolute Gasteiger partial charge is 0.193 e. The minimum Gasteiger partial charge on any atom is -0.193 e. The Bertz CT molecular complexity index is 941. The molecule has 0 unspecified atom stereocenters. The highest BCUT2D eigenvalue weighted by Crippen LogP contribution is 2.34. The molecule has 3 aromatic rings. The molecular formula is C25H21N. The summed E-state index contributed by atoms with van der Waals surface area (Å²) in [5.74, 6) is 0. The van der Waals surface area contributed by atoms with Gasteiger partial charge in [0.2, 0.25) is 0 Å². The van der Waals surface area contributed by atoms with Gasteiger partial charge in [0.1, 0.15) is 0 Å². The Morgan fingerprint density at radius 3 is 1.85 bits per heavy atom. The Kier molecular flexibility index (Phi) is 5.80. The van der Waals surface area contributed by atoms with Gasteiger partial charge in [0.15, 0.2) is 0 Å². The van der Waals surface area contributed by atoms with Crippen LogP contribution in [0, 0.1) is 11.3 Å². The van der Waals surface area contributed by atoms with Gasteiger partial charge in [-0.2, -0.15) is 5.26 Å². The maximum atomic E-state index is 8.71. The first-order valence-corrected chi connectivity index (χ1v) is 8.84. The van der Waals surface area contributed by atoms with Gasteiger partial charge in [-0.1, -0.05) is 91.9 Å². The van der Waals surface area contributed by atoms with E-state index in [4.69, 9.17) is 5.26 Å². The maximum absolute atomic E-state index is 8.71. The molecule has 0 aliphatic heterocycles. The van der Waals surface area contributed by atoms with Crippen molar-refractivity contribution < 1.29 is 0 Å². The molecule has 0 radical (unpaired) electrons. The first-order valence-electron chi connectivity index (χ1n) is 8.84. The fourth-order valence-electron chi connectivity index (χ4n) is 3.18. The summed E-state index contributed by atoms with van der Waals surface area (Å²) in [5.41, 5.74) is 7.27. The van der Waals surface area contributed by atoms with E-state index >= 15 is 0 Å². The highest BCUT2D eigenvalue weighted by atomic mass is 14.2. The molecule has 0 amide bonds. The van der Waals surface area contributed by atoms with Crippen molar-refractivity contribution in [1.29, 1.82) is 5.26 Å². The van der Waals surface area contributed by atoms with Crippen LogP contribution in [0.5, 0.6) is 0 Å². The molecule has 0 spiro atoms. The lowest BCUT2D eigenvalue weighted by Gasteiger charge is -2.16. The quantitative estimate of drug-likeness (QED) is 0.381. The standard InChI is InChI=1S/C25H21N/c1-2-24(21-11-5-3-6-12-21)25(22-13-7-4-8-14-22)23-17-15-20(16-18-23)10-9-19-26/h3-18H,2H2,1H3/b10-9+,25-24-. The van der Waals surface area contributed by atoms with Crippen LogP contribution in [-0.4, -0.2) is 0 Å². The first-order chi connectivity index (χ1) is 12.8. The average molecular weight is 335 g/mol. The second-order valence-corrected chi connectivity index (χ2v) is 6.02. The summed E-state index contributed by atoms with van der Waals surface area (Å²) >= 11 is 0. The molecule has 1 nitrogen and oxygen atoms in total. The van der Waals surface area contributed by atoms with Crippen LogP contribution in [0.2, 0.25) is 0 Å². The van der Waals surface area contributed by atoms with Crippen molar-refractivity contribution in [2.24, 2.45) is 0 Å². The Balaban J connectivity index is 2.18. The Hall–Kier alpha value is -3.37. The number of allylic oxidation sites excluding steroid dienone is 2. The average Bonchev–Trinajstić information content (AvgIpc) is 2.72. The minimum atomic E-state index is 0.949. The van der Waals surface area contributed by atoms with Gasteiger partial charge in [-0.15, -0.1) is 0 Å². The predicted octanol–water partition coefficient (Wildman–Crippen LogP) is 6.59. The molecule has 0 aliphatic carbocycles. The van der Waals surface area contributed by atoms with Crippen LogP contribution in [0.4, 0.5) is 0 Å². The van der Waals surface area contributed by atoms with Crippen molar-refractivity contribution in [3.63, 3.8) is 0 Å². The molecule has 3 rings (SSSR count). The van der Waals surface area contributed by atoms with Crippen molar-refractivity contribution >= 4 is 17.2 Å². The van der Waals surface area contributed by atoms with Crippen LogP contribution in [0.1, 0.15) is 35.6 Å². The van der Waals surface area contributed by atoms with Crippen molar-refractivity contribution in [3.8, 4) is 6.07 Å². The molecule has 0 saturated carbocycles. The zero-order chi connectivity index (χ0) is 18.2. The molecule has 0 atom stereocenters. The molecule has 0 aromatic heterocycles. The molecule has 3 aromatic carbocycles. The zero-order valence-corrected chi connectivity index (χ0v) is 14.9. The van der Waals surface area contributed by atoms with Gasteiger partial charge in [0.05, 0.1) is 6.07 Å². The second kappa shape index (κ2) is 8.65. The van der Waals surface area contributed by atoms with Crippen molar-refractivity contribution in [1.82, 2.24) is 0 Å². The van der Waals surface area contributed by atoms with E-state index in [0.29, 0.717) is 0 Å². The molecule has 0 fully saturated rings. The van der Waals surface area contributed by atoms with E-state index in [1.54, 1.807) is 0 Å². The van der Waals surface area contributed by atoms with Crippen LogP contribution in [0.25, 0.3) is 17.2 Å². The Morgan fingerprint density at radius 1 is 0.769 bits per heavy atom. The minimum absolute atomic E-state index is 0.949. The van der Waals surface area contributed by atoms with Crippen molar-refractivity contribution in [2.75, 3.05) is 0 Å². The number of nitriles is 1. The van der Waals surface area contributed by atoms with Gasteiger partial charge in [-0.05, 0) is 45.9 Å². The monoisotopic (exact) mass is 335 g/mol. The summed E-state index contributed by atoms with van der Waals surface area (Å²) in [6, 6.07) is 31.5. The lowest BCUT2D eigenvalue weighted by molar-refractivity contribution is 1.24. The van der Waals surface area contributed by atoms with Crippen LogP contribution >= 0.6 is 0 Å². The molecular weight excluding hydrogens is 314 g/mol. The number of hydrogen-bond donors (Lipinski definition) is 0. The fourth-order valence-corrected chi connectivity index (χ4v) is 3.18. The molecule has 0 bridgehead atoms. The van der Waals surface area contributed by atoms with E-state index in [0.717, 1.165) is 12.0 Å². The fraction of sp³-hybridized carbons (Fsp3) is 0.0800. The molecule has 126 valence electrons. The van der Waals surface area contributed by atoms with Crippen LogP contribution in [-0.2, 0) is 0 Å². The van der Waals surface area contributed by atoms with E-state index in [1.807, 2.05) is 18.2 Å². The Labute approximate surface area is 155 Å². The molecule has 0 heterocycles. The van der Waals surface area contributed by atoms with Gasteiger partial charge in [0.25, 0.3) is 0 Å². The summed E-state index contributed by atoms with van der Waals surface area (Å²) in [4.78, 5) is 0. The summed E-state index contributed by atoms with van der Waals surface area (Å²) in [7, 11) is 0. The summed E-state index contributed by atoms with van der Waals surface area (Å²) in [5, 5.41) is 8.71. The van der Waals surface area contributed by atoms with E-state index in [9.17, 15) is 0 Å². The van der Waals surface area contributed by atoms with Crippen LogP contribution in [0.15, 0.2) is 91.0 Å². The summed E-state index contributed by atoms with van der Waals surface area (Å²) in [6.07, 6.45) is 4.28. The first kappa shape index (κ1) is 17.5. The topological polar surface area (TPSA) is 23.8 Å². The third-order valence-corrected chi connectivity index (χ3v) is 4.39. The molecule has 0 aliphatic rings. The smallest absolute Gasteiger partial charge is 0.0912 e. The van der Waals surface area contributed by atoms with E-state index in [1.165, 1.54) is 33.9 Å². The number of rotatable bonds is 5. The van der Waals surface area contributed by atoms with Gasteiger partial charge < -0.3 is 0 Å². The van der Waals surface area contributed by atoms with E-state index < -0.39 is 0 Å². The molecule has 26 heavy (non-hydrogen) atoms. The molecule has 1 heteroatoms. The van der Waals surface area contributed by atoms with Gasteiger partial charge >= 0.3 is 0 Å². The maximum Gasteiger partial charge on any atom is 0.0912 e. The van der Waals surface area contributed by atoms with Gasteiger partial charge in [-0.3, -0.25) is 0 Å². The number of nitrogens with zero attached hydrogens (tertiary/aromatic N) is 1. The Morgan fingerprint density at radius 2 is 1.31 bits per heavy atom. The van der Waals surface area contributed by atoms with E-state index in [-0.39, 0.29) is 0 Å². The SMILES string of the molecule is CC/C(=C(\c1ccccc1)c1ccc(/C=C/C#N)cc1)c1ccccc1. The van der Waals surface area contributed by atoms with Gasteiger partial charge in [0, 0.05) is 6.08 Å². The molecule has 0 saturated heterocycles. The number of benzene rings is 3. The third kappa shape index (κ3) is 3.99. The van der Waals surface area contributed by atoms with E-state index in [2.05, 4.69) is 85.8 Å². The summed E-state index contributed by atoms with van der Waals surface area (Å²) < 4.78 is 0. The van der Waals surface area contributed by atoms with Crippen molar-refractivity contribution in [2.45, 2.75) is 13.3 Å². The van der Waals surface area contributed by atoms with Crippen molar-refractivity contribution in [3.05, 3.63) is 113 Å². The highest BCUT2D eigenvalue weighted by Gasteiger charge is 2.12. The van der Waals surface area contributed by atoms with Gasteiger partial charge in [-0.25, -0.2) is 0 Å². The lowest BCUT2D eigenvalue weighted by Crippen LogP contribution is -1.95. The van der Waals surface area contributed by atoms with Crippen LogP contribution < -0.4 is 0 Å². The zero-order valence-electron chi connectivity index (χ0n) is 14.9. The third-order valence-electron chi connectivity index (χ3n) is 4.39. The normalized spacial score (nSPS) is 11.8. The molecule has 0 N–H and O–H groups in total. The second-order valence-electron chi connectivity index (χ2n) is 6.02. The number of hydrogen-bond acceptors (Lipinski definition) is 1. The summed E-state index contributed by atoms with van der Waals surface area (Å²) in [6.45, 7) is 2.20. The lowest BCUT2D eigenvalue weighted by atomic mass is 9.88. The van der Waals surface area contributed by atoms with Crippen LogP contribution in [0.3, 0.4) is 0 Å².